The normalized spacial score (nSPS) is 15.1. The highest BCUT2D eigenvalue weighted by molar-refractivity contribution is 7.12. The molecule has 1 atom stereocenters. The number of nitrogens with two attached hydrogens (primary N) is 1. The third kappa shape index (κ3) is 2.27. The van der Waals surface area contributed by atoms with Gasteiger partial charge in [0.1, 0.15) is 5.75 Å². The fraction of sp³-hybridized carbons (Fsp3) is 0.333. The fourth-order valence-corrected chi connectivity index (χ4v) is 3.56. The average molecular weight is 274 g/mol. The summed E-state index contributed by atoms with van der Waals surface area (Å²) in [7, 11) is 0. The largest absolute Gasteiger partial charge is 0.493 e. The van der Waals surface area contributed by atoms with Crippen LogP contribution < -0.4 is 16.0 Å². The lowest BCUT2D eigenvalue weighted by molar-refractivity contribution is 0.350. The minimum Gasteiger partial charge on any atom is -0.493 e. The molecule has 2 aromatic rings. The standard InChI is InChI=1S/C15H18N2OS/c1-2-11-6-7-13(19-11)14(17-16)12-5-3-4-10-8-9-18-15(10)12/h3-7,14,17H,2,8-9,16H2,1H3. The van der Waals surface area contributed by atoms with E-state index in [1.54, 1.807) is 0 Å². The van der Waals surface area contributed by atoms with Crippen molar-refractivity contribution in [3.63, 3.8) is 0 Å². The van der Waals surface area contributed by atoms with Gasteiger partial charge in [0.25, 0.3) is 0 Å². The molecule has 4 heteroatoms. The Morgan fingerprint density at radius 2 is 2.26 bits per heavy atom. The average Bonchev–Trinajstić information content (AvgIpc) is 3.08. The van der Waals surface area contributed by atoms with Crippen molar-refractivity contribution in [2.45, 2.75) is 25.8 Å². The van der Waals surface area contributed by atoms with Crippen LogP contribution in [0.25, 0.3) is 0 Å². The third-order valence-corrected chi connectivity index (χ3v) is 4.83. The number of hydrazine groups is 1. The molecule has 0 amide bonds. The summed E-state index contributed by atoms with van der Waals surface area (Å²) in [6.45, 7) is 2.94. The van der Waals surface area contributed by atoms with E-state index in [-0.39, 0.29) is 6.04 Å². The lowest BCUT2D eigenvalue weighted by Crippen LogP contribution is -2.28. The smallest absolute Gasteiger partial charge is 0.127 e. The summed E-state index contributed by atoms with van der Waals surface area (Å²) in [6, 6.07) is 10.7. The molecule has 1 aromatic carbocycles. The summed E-state index contributed by atoms with van der Waals surface area (Å²) in [6.07, 6.45) is 2.05. The van der Waals surface area contributed by atoms with Gasteiger partial charge in [-0.15, -0.1) is 11.3 Å². The summed E-state index contributed by atoms with van der Waals surface area (Å²) in [5.74, 6) is 6.79. The summed E-state index contributed by atoms with van der Waals surface area (Å²) in [5.41, 5.74) is 5.36. The molecule has 3 nitrogen and oxygen atoms in total. The number of fused-ring (bicyclic) bond motifs is 1. The molecular formula is C15H18N2OS. The van der Waals surface area contributed by atoms with Crippen LogP contribution >= 0.6 is 11.3 Å². The number of nitrogens with one attached hydrogen (secondary N) is 1. The third-order valence-electron chi connectivity index (χ3n) is 3.54. The molecule has 1 unspecified atom stereocenters. The first kappa shape index (κ1) is 12.7. The quantitative estimate of drug-likeness (QED) is 0.666. The first-order valence-corrected chi connectivity index (χ1v) is 7.44. The predicted molar refractivity (Wildman–Crippen MR) is 78.5 cm³/mol. The van der Waals surface area contributed by atoms with E-state index in [2.05, 4.69) is 42.7 Å². The van der Waals surface area contributed by atoms with Gasteiger partial charge in [-0.3, -0.25) is 5.84 Å². The number of hydrogen-bond acceptors (Lipinski definition) is 4. The second-order valence-electron chi connectivity index (χ2n) is 4.69. The van der Waals surface area contributed by atoms with Crippen LogP contribution in [0.15, 0.2) is 30.3 Å². The van der Waals surface area contributed by atoms with Crippen LogP contribution in [-0.4, -0.2) is 6.61 Å². The van der Waals surface area contributed by atoms with Crippen molar-refractivity contribution < 1.29 is 4.74 Å². The summed E-state index contributed by atoms with van der Waals surface area (Å²) >= 11 is 1.81. The summed E-state index contributed by atoms with van der Waals surface area (Å²) in [5, 5.41) is 0. The van der Waals surface area contributed by atoms with Crippen LogP contribution in [0, 0.1) is 0 Å². The van der Waals surface area contributed by atoms with Crippen molar-refractivity contribution in [2.75, 3.05) is 6.61 Å². The summed E-state index contributed by atoms with van der Waals surface area (Å²) in [4.78, 5) is 2.62. The van der Waals surface area contributed by atoms with E-state index < -0.39 is 0 Å². The van der Waals surface area contributed by atoms with Crippen molar-refractivity contribution in [1.29, 1.82) is 0 Å². The van der Waals surface area contributed by atoms with Crippen molar-refractivity contribution in [1.82, 2.24) is 5.43 Å². The zero-order chi connectivity index (χ0) is 13.2. The number of aryl methyl sites for hydroxylation is 1. The van der Waals surface area contributed by atoms with Gasteiger partial charge in [0.2, 0.25) is 0 Å². The van der Waals surface area contributed by atoms with E-state index in [1.165, 1.54) is 15.3 Å². The molecule has 1 aromatic heterocycles. The second kappa shape index (κ2) is 5.33. The van der Waals surface area contributed by atoms with E-state index >= 15 is 0 Å². The molecule has 1 aliphatic rings. The maximum atomic E-state index is 5.78. The number of rotatable bonds is 4. The Hall–Kier alpha value is -1.36. The predicted octanol–water partition coefficient (Wildman–Crippen LogP) is 2.80. The Bertz CT molecular complexity index is 579. The van der Waals surface area contributed by atoms with Crippen molar-refractivity contribution in [3.8, 4) is 5.75 Å². The van der Waals surface area contributed by atoms with Gasteiger partial charge in [-0.25, -0.2) is 5.43 Å². The van der Waals surface area contributed by atoms with Crippen LogP contribution in [0.1, 0.15) is 33.8 Å². The first-order valence-electron chi connectivity index (χ1n) is 6.62. The SMILES string of the molecule is CCc1ccc(C(NN)c2cccc3c2OCC3)s1. The van der Waals surface area contributed by atoms with Gasteiger partial charge in [-0.05, 0) is 24.1 Å². The molecule has 1 aliphatic heterocycles. The van der Waals surface area contributed by atoms with Crippen molar-refractivity contribution in [3.05, 3.63) is 51.2 Å². The number of thiophene rings is 1. The second-order valence-corrected chi connectivity index (χ2v) is 5.89. The Labute approximate surface area is 117 Å². The zero-order valence-electron chi connectivity index (χ0n) is 11.0. The Morgan fingerprint density at radius 1 is 1.37 bits per heavy atom. The molecule has 3 rings (SSSR count). The van der Waals surface area contributed by atoms with Gasteiger partial charge in [0.05, 0.1) is 12.6 Å². The lowest BCUT2D eigenvalue weighted by Gasteiger charge is -2.17. The Kier molecular flexibility index (Phi) is 3.55. The van der Waals surface area contributed by atoms with E-state index in [1.807, 2.05) is 11.3 Å². The highest BCUT2D eigenvalue weighted by Crippen LogP contribution is 2.37. The number of hydrogen-bond donors (Lipinski definition) is 2. The lowest BCUT2D eigenvalue weighted by atomic mass is 10.0. The van der Waals surface area contributed by atoms with E-state index in [0.717, 1.165) is 30.8 Å². The van der Waals surface area contributed by atoms with Gasteiger partial charge in [0.15, 0.2) is 0 Å². The molecule has 3 N–H and O–H groups in total. The van der Waals surface area contributed by atoms with Crippen LogP contribution in [-0.2, 0) is 12.8 Å². The highest BCUT2D eigenvalue weighted by atomic mass is 32.1. The van der Waals surface area contributed by atoms with Crippen LogP contribution in [0.3, 0.4) is 0 Å². The first-order chi connectivity index (χ1) is 9.33. The van der Waals surface area contributed by atoms with Gasteiger partial charge in [-0.2, -0.15) is 0 Å². The number of para-hydroxylation sites is 1. The van der Waals surface area contributed by atoms with E-state index in [9.17, 15) is 0 Å². The molecule has 2 heterocycles. The van der Waals surface area contributed by atoms with Crippen LogP contribution in [0.2, 0.25) is 0 Å². The maximum Gasteiger partial charge on any atom is 0.127 e. The van der Waals surface area contributed by atoms with E-state index in [0.29, 0.717) is 0 Å². The van der Waals surface area contributed by atoms with Crippen LogP contribution in [0.5, 0.6) is 5.75 Å². The van der Waals surface area contributed by atoms with Gasteiger partial charge in [-0.1, -0.05) is 25.1 Å². The van der Waals surface area contributed by atoms with Gasteiger partial charge in [0, 0.05) is 21.7 Å². The molecule has 0 saturated carbocycles. The maximum absolute atomic E-state index is 5.78. The minimum absolute atomic E-state index is 0.0124. The summed E-state index contributed by atoms with van der Waals surface area (Å²) < 4.78 is 5.78. The molecular weight excluding hydrogens is 256 g/mol. The van der Waals surface area contributed by atoms with Crippen LogP contribution in [0.4, 0.5) is 0 Å². The molecule has 0 radical (unpaired) electrons. The van der Waals surface area contributed by atoms with E-state index in [4.69, 9.17) is 10.6 Å². The molecule has 19 heavy (non-hydrogen) atoms. The Balaban J connectivity index is 2.01. The van der Waals surface area contributed by atoms with Gasteiger partial charge >= 0.3 is 0 Å². The molecule has 0 fully saturated rings. The molecule has 0 saturated heterocycles. The molecule has 100 valence electrons. The number of benzene rings is 1. The molecule has 0 bridgehead atoms. The topological polar surface area (TPSA) is 47.3 Å². The molecule has 0 spiro atoms. The van der Waals surface area contributed by atoms with Crippen molar-refractivity contribution >= 4 is 11.3 Å². The Morgan fingerprint density at radius 3 is 3.00 bits per heavy atom. The zero-order valence-corrected chi connectivity index (χ0v) is 11.8. The number of ether oxygens (including phenoxy) is 1. The molecule has 0 aliphatic carbocycles. The minimum atomic E-state index is 0.0124. The van der Waals surface area contributed by atoms with Gasteiger partial charge < -0.3 is 4.74 Å². The monoisotopic (exact) mass is 274 g/mol. The van der Waals surface area contributed by atoms with Crippen molar-refractivity contribution in [2.24, 2.45) is 5.84 Å². The highest BCUT2D eigenvalue weighted by Gasteiger charge is 2.23. The fourth-order valence-electron chi connectivity index (χ4n) is 2.53.